The van der Waals surface area contributed by atoms with E-state index in [0.717, 1.165) is 0 Å². The average molecular weight is 283 g/mol. The lowest BCUT2D eigenvalue weighted by molar-refractivity contribution is -0.150. The molecule has 0 aliphatic rings. The number of carbonyl (C=O) groups excluding carboxylic acids is 1. The molecule has 0 amide bonds. The van der Waals surface area contributed by atoms with Crippen molar-refractivity contribution in [2.24, 2.45) is 5.73 Å². The van der Waals surface area contributed by atoms with Crippen LogP contribution >= 0.6 is 12.2 Å². The highest BCUT2D eigenvalue weighted by molar-refractivity contribution is 7.80. The van der Waals surface area contributed by atoms with Crippen molar-refractivity contribution in [3.8, 4) is 11.5 Å². The SMILES string of the molecule is CCOC(=O)C(C)Oc1ccc(C(N)=S)cc1OC. The van der Waals surface area contributed by atoms with Crippen LogP contribution in [-0.2, 0) is 9.53 Å². The van der Waals surface area contributed by atoms with Crippen LogP contribution in [0.5, 0.6) is 11.5 Å². The topological polar surface area (TPSA) is 70.8 Å². The third-order valence-electron chi connectivity index (χ3n) is 2.37. The van der Waals surface area contributed by atoms with Crippen molar-refractivity contribution in [1.29, 1.82) is 0 Å². The quantitative estimate of drug-likeness (QED) is 0.632. The van der Waals surface area contributed by atoms with Gasteiger partial charge in [0.25, 0.3) is 0 Å². The van der Waals surface area contributed by atoms with Crippen LogP contribution in [-0.4, -0.2) is 30.8 Å². The molecule has 104 valence electrons. The van der Waals surface area contributed by atoms with Crippen LogP contribution in [0.15, 0.2) is 18.2 Å². The maximum absolute atomic E-state index is 11.5. The Balaban J connectivity index is 2.89. The first-order valence-corrected chi connectivity index (χ1v) is 6.21. The molecule has 0 aliphatic carbocycles. The molecule has 19 heavy (non-hydrogen) atoms. The first kappa shape index (κ1) is 15.2. The van der Waals surface area contributed by atoms with Gasteiger partial charge in [-0.15, -0.1) is 0 Å². The lowest BCUT2D eigenvalue weighted by atomic mass is 10.2. The smallest absolute Gasteiger partial charge is 0.347 e. The number of rotatable bonds is 6. The Morgan fingerprint density at radius 2 is 2.11 bits per heavy atom. The van der Waals surface area contributed by atoms with Crippen LogP contribution in [0, 0.1) is 0 Å². The molecule has 2 N–H and O–H groups in total. The van der Waals surface area contributed by atoms with E-state index in [0.29, 0.717) is 23.7 Å². The fourth-order valence-corrected chi connectivity index (χ4v) is 1.54. The number of esters is 1. The molecule has 1 atom stereocenters. The minimum absolute atomic E-state index is 0.267. The van der Waals surface area contributed by atoms with E-state index < -0.39 is 12.1 Å². The summed E-state index contributed by atoms with van der Waals surface area (Å²) in [5, 5.41) is 0. The summed E-state index contributed by atoms with van der Waals surface area (Å²) < 4.78 is 15.6. The number of benzene rings is 1. The number of ether oxygens (including phenoxy) is 3. The zero-order valence-corrected chi connectivity index (χ0v) is 12.0. The first-order valence-electron chi connectivity index (χ1n) is 5.80. The molecule has 1 aromatic carbocycles. The summed E-state index contributed by atoms with van der Waals surface area (Å²) >= 11 is 4.88. The summed E-state index contributed by atoms with van der Waals surface area (Å²) in [7, 11) is 1.50. The second kappa shape index (κ2) is 6.94. The third-order valence-corrected chi connectivity index (χ3v) is 2.61. The van der Waals surface area contributed by atoms with Crippen molar-refractivity contribution >= 4 is 23.2 Å². The number of hydrogen-bond donors (Lipinski definition) is 1. The summed E-state index contributed by atoms with van der Waals surface area (Å²) in [6.45, 7) is 3.66. The summed E-state index contributed by atoms with van der Waals surface area (Å²) in [5.74, 6) is 0.465. The van der Waals surface area contributed by atoms with Gasteiger partial charge in [-0.25, -0.2) is 4.79 Å². The largest absolute Gasteiger partial charge is 0.493 e. The van der Waals surface area contributed by atoms with Crippen molar-refractivity contribution in [2.45, 2.75) is 20.0 Å². The van der Waals surface area contributed by atoms with E-state index >= 15 is 0 Å². The Kier molecular flexibility index (Phi) is 5.57. The van der Waals surface area contributed by atoms with Gasteiger partial charge in [0.05, 0.1) is 13.7 Å². The van der Waals surface area contributed by atoms with E-state index in [9.17, 15) is 4.79 Å². The highest BCUT2D eigenvalue weighted by Crippen LogP contribution is 2.29. The van der Waals surface area contributed by atoms with E-state index in [2.05, 4.69) is 0 Å². The molecule has 1 aromatic rings. The molecule has 0 saturated carbocycles. The van der Waals surface area contributed by atoms with Gasteiger partial charge in [0.15, 0.2) is 17.6 Å². The average Bonchev–Trinajstić information content (AvgIpc) is 2.39. The molecule has 5 nitrogen and oxygen atoms in total. The van der Waals surface area contributed by atoms with Gasteiger partial charge in [-0.2, -0.15) is 0 Å². The Morgan fingerprint density at radius 1 is 1.42 bits per heavy atom. The molecule has 0 bridgehead atoms. The molecule has 0 heterocycles. The van der Waals surface area contributed by atoms with Gasteiger partial charge in [0, 0.05) is 5.56 Å². The number of thiocarbonyl (C=S) groups is 1. The number of hydrogen-bond acceptors (Lipinski definition) is 5. The monoisotopic (exact) mass is 283 g/mol. The van der Waals surface area contributed by atoms with Gasteiger partial charge in [0.1, 0.15) is 4.99 Å². The molecule has 1 rings (SSSR count). The molecule has 0 fully saturated rings. The maximum Gasteiger partial charge on any atom is 0.347 e. The first-order chi connectivity index (χ1) is 8.99. The summed E-state index contributed by atoms with van der Waals surface area (Å²) in [4.78, 5) is 11.8. The van der Waals surface area contributed by atoms with Crippen LogP contribution < -0.4 is 15.2 Å². The molecule has 0 aromatic heterocycles. The van der Waals surface area contributed by atoms with Gasteiger partial charge in [-0.1, -0.05) is 12.2 Å². The lowest BCUT2D eigenvalue weighted by Gasteiger charge is -2.16. The molecule has 0 saturated heterocycles. The highest BCUT2D eigenvalue weighted by atomic mass is 32.1. The van der Waals surface area contributed by atoms with Gasteiger partial charge in [-0.05, 0) is 32.0 Å². The van der Waals surface area contributed by atoms with Crippen LogP contribution in [0.4, 0.5) is 0 Å². The van der Waals surface area contributed by atoms with Crippen LogP contribution in [0.1, 0.15) is 19.4 Å². The Morgan fingerprint density at radius 3 is 2.63 bits per heavy atom. The number of carbonyl (C=O) groups is 1. The van der Waals surface area contributed by atoms with Crippen LogP contribution in [0.25, 0.3) is 0 Å². The zero-order chi connectivity index (χ0) is 14.4. The fraction of sp³-hybridized carbons (Fsp3) is 0.385. The minimum atomic E-state index is -0.718. The molecular weight excluding hydrogens is 266 g/mol. The Bertz CT molecular complexity index is 476. The van der Waals surface area contributed by atoms with Crippen molar-refractivity contribution in [1.82, 2.24) is 0 Å². The second-order valence-electron chi connectivity index (χ2n) is 3.74. The number of nitrogens with two attached hydrogens (primary N) is 1. The van der Waals surface area contributed by atoms with Crippen molar-refractivity contribution in [2.75, 3.05) is 13.7 Å². The van der Waals surface area contributed by atoms with Gasteiger partial charge in [-0.3, -0.25) is 0 Å². The van der Waals surface area contributed by atoms with E-state index in [1.807, 2.05) is 0 Å². The molecule has 0 aliphatic heterocycles. The highest BCUT2D eigenvalue weighted by Gasteiger charge is 2.18. The molecule has 0 radical (unpaired) electrons. The standard InChI is InChI=1S/C13H17NO4S/c1-4-17-13(15)8(2)18-10-6-5-9(12(14)19)7-11(10)16-3/h5-8H,4H2,1-3H3,(H2,14,19). The summed E-state index contributed by atoms with van der Waals surface area (Å²) in [6.07, 6.45) is -0.718. The van der Waals surface area contributed by atoms with Crippen LogP contribution in [0.2, 0.25) is 0 Å². The summed E-state index contributed by atoms with van der Waals surface area (Å²) in [6, 6.07) is 5.02. The van der Waals surface area contributed by atoms with Gasteiger partial charge >= 0.3 is 5.97 Å². The summed E-state index contributed by atoms with van der Waals surface area (Å²) in [5.41, 5.74) is 6.21. The number of methoxy groups -OCH3 is 1. The van der Waals surface area contributed by atoms with Crippen molar-refractivity contribution in [3.05, 3.63) is 23.8 Å². The van der Waals surface area contributed by atoms with E-state index in [1.54, 1.807) is 32.0 Å². The Hall–Kier alpha value is -1.82. The Labute approximate surface area is 117 Å². The fourth-order valence-electron chi connectivity index (χ4n) is 1.42. The zero-order valence-electron chi connectivity index (χ0n) is 11.1. The predicted molar refractivity (Wildman–Crippen MR) is 75.6 cm³/mol. The van der Waals surface area contributed by atoms with Gasteiger partial charge < -0.3 is 19.9 Å². The van der Waals surface area contributed by atoms with E-state index in [4.69, 9.17) is 32.2 Å². The molecular formula is C13H17NO4S. The van der Waals surface area contributed by atoms with Crippen molar-refractivity contribution in [3.63, 3.8) is 0 Å². The van der Waals surface area contributed by atoms with Crippen molar-refractivity contribution < 1.29 is 19.0 Å². The lowest BCUT2D eigenvalue weighted by Crippen LogP contribution is -2.26. The second-order valence-corrected chi connectivity index (χ2v) is 4.18. The predicted octanol–water partition coefficient (Wildman–Crippen LogP) is 1.66. The van der Waals surface area contributed by atoms with Gasteiger partial charge in [0.2, 0.25) is 0 Å². The van der Waals surface area contributed by atoms with E-state index in [-0.39, 0.29) is 4.99 Å². The normalized spacial score (nSPS) is 11.5. The molecule has 0 spiro atoms. The third kappa shape index (κ3) is 4.10. The molecule has 1 unspecified atom stereocenters. The maximum atomic E-state index is 11.5. The van der Waals surface area contributed by atoms with E-state index in [1.165, 1.54) is 7.11 Å². The minimum Gasteiger partial charge on any atom is -0.493 e. The van der Waals surface area contributed by atoms with Crippen LogP contribution in [0.3, 0.4) is 0 Å². The molecule has 6 heteroatoms.